The molecule has 0 aliphatic rings. The van der Waals surface area contributed by atoms with Gasteiger partial charge >= 0.3 is 6.03 Å². The van der Waals surface area contributed by atoms with Crippen LogP contribution < -0.4 is 10.6 Å². The van der Waals surface area contributed by atoms with E-state index in [0.717, 1.165) is 17.7 Å². The van der Waals surface area contributed by atoms with Crippen LogP contribution in [0.4, 0.5) is 29.3 Å². The van der Waals surface area contributed by atoms with Gasteiger partial charge in [-0.3, -0.25) is 0 Å². The maximum Gasteiger partial charge on any atom is 0.323 e. The minimum atomic E-state index is -0.912. The molecule has 3 nitrogen and oxygen atoms in total. The summed E-state index contributed by atoms with van der Waals surface area (Å²) in [6.07, 6.45) is 0. The number of hydrogen-bond donors (Lipinski definition) is 2. The molecule has 0 aliphatic heterocycles. The summed E-state index contributed by atoms with van der Waals surface area (Å²) in [5.41, 5.74) is 0.539. The van der Waals surface area contributed by atoms with Crippen LogP contribution in [-0.4, -0.2) is 6.03 Å². The van der Waals surface area contributed by atoms with Crippen molar-refractivity contribution < 1.29 is 18.0 Å². The fraction of sp³-hybridized carbons (Fsp3) is 0.0714. The molecule has 0 spiro atoms. The number of anilines is 2. The molecule has 104 valence electrons. The highest BCUT2D eigenvalue weighted by atomic mass is 19.1. The van der Waals surface area contributed by atoms with Gasteiger partial charge in [-0.05, 0) is 36.8 Å². The number of amides is 2. The van der Waals surface area contributed by atoms with Gasteiger partial charge in [0.1, 0.15) is 17.5 Å². The first kappa shape index (κ1) is 13.9. The predicted molar refractivity (Wildman–Crippen MR) is 70.1 cm³/mol. The topological polar surface area (TPSA) is 41.1 Å². The van der Waals surface area contributed by atoms with Gasteiger partial charge in [0.05, 0.1) is 11.4 Å². The molecule has 2 aromatic rings. The van der Waals surface area contributed by atoms with Gasteiger partial charge in [-0.15, -0.1) is 0 Å². The zero-order valence-corrected chi connectivity index (χ0v) is 10.5. The van der Waals surface area contributed by atoms with Crippen LogP contribution in [0.1, 0.15) is 5.56 Å². The summed E-state index contributed by atoms with van der Waals surface area (Å²) in [6, 6.07) is 6.11. The van der Waals surface area contributed by atoms with Crippen LogP contribution in [0.25, 0.3) is 0 Å². The minimum absolute atomic E-state index is 0.0231. The van der Waals surface area contributed by atoms with Crippen molar-refractivity contribution in [3.05, 3.63) is 59.4 Å². The number of aryl methyl sites for hydroxylation is 1. The fourth-order valence-electron chi connectivity index (χ4n) is 1.60. The third-order valence-electron chi connectivity index (χ3n) is 2.55. The van der Waals surface area contributed by atoms with Crippen molar-refractivity contribution in [1.82, 2.24) is 0 Å². The normalized spacial score (nSPS) is 10.2. The molecule has 0 bridgehead atoms. The zero-order valence-electron chi connectivity index (χ0n) is 10.5. The molecular weight excluding hydrogens is 269 g/mol. The Morgan fingerprint density at radius 1 is 0.900 bits per heavy atom. The molecule has 20 heavy (non-hydrogen) atoms. The standard InChI is InChI=1S/C14H11F3N2O/c1-8-2-4-10(16)13(6-8)19-14(20)18-12-5-3-9(15)7-11(12)17/h2-7H,1H3,(H2,18,19,20). The van der Waals surface area contributed by atoms with Crippen LogP contribution in [0.3, 0.4) is 0 Å². The number of benzene rings is 2. The number of carbonyl (C=O) groups is 1. The molecule has 6 heteroatoms. The second-order valence-electron chi connectivity index (χ2n) is 4.19. The first-order valence-electron chi connectivity index (χ1n) is 5.75. The van der Waals surface area contributed by atoms with E-state index in [4.69, 9.17) is 0 Å². The monoisotopic (exact) mass is 280 g/mol. The molecule has 0 saturated carbocycles. The zero-order chi connectivity index (χ0) is 14.7. The van der Waals surface area contributed by atoms with Gasteiger partial charge in [-0.2, -0.15) is 0 Å². The molecule has 0 fully saturated rings. The van der Waals surface area contributed by atoms with Gasteiger partial charge < -0.3 is 10.6 Å². The number of halogens is 3. The molecule has 2 rings (SSSR count). The summed E-state index contributed by atoms with van der Waals surface area (Å²) >= 11 is 0. The summed E-state index contributed by atoms with van der Waals surface area (Å²) in [7, 11) is 0. The van der Waals surface area contributed by atoms with E-state index in [0.29, 0.717) is 6.07 Å². The Morgan fingerprint density at radius 3 is 2.30 bits per heavy atom. The highest BCUT2D eigenvalue weighted by Crippen LogP contribution is 2.18. The molecule has 0 saturated heterocycles. The molecule has 2 N–H and O–H groups in total. The quantitative estimate of drug-likeness (QED) is 0.855. The van der Waals surface area contributed by atoms with Crippen molar-refractivity contribution in [1.29, 1.82) is 0 Å². The lowest BCUT2D eigenvalue weighted by Gasteiger charge is -2.09. The van der Waals surface area contributed by atoms with Crippen LogP contribution in [0.15, 0.2) is 36.4 Å². The molecule has 0 unspecified atom stereocenters. The van der Waals surface area contributed by atoms with Crippen molar-refractivity contribution in [2.75, 3.05) is 10.6 Å². The van der Waals surface area contributed by atoms with E-state index in [1.54, 1.807) is 13.0 Å². The number of urea groups is 1. The maximum absolute atomic E-state index is 13.4. The summed E-state index contributed by atoms with van der Waals surface area (Å²) in [5, 5.41) is 4.43. The van der Waals surface area contributed by atoms with E-state index in [1.165, 1.54) is 12.1 Å². The molecule has 2 aromatic carbocycles. The fourth-order valence-corrected chi connectivity index (χ4v) is 1.60. The number of carbonyl (C=O) groups excluding carboxylic acids is 1. The van der Waals surface area contributed by atoms with Crippen LogP contribution in [0.2, 0.25) is 0 Å². The largest absolute Gasteiger partial charge is 0.323 e. The smallest absolute Gasteiger partial charge is 0.305 e. The molecule has 2 amide bonds. The molecule has 0 radical (unpaired) electrons. The van der Waals surface area contributed by atoms with Gasteiger partial charge in [0, 0.05) is 6.07 Å². The lowest BCUT2D eigenvalue weighted by atomic mass is 10.2. The SMILES string of the molecule is Cc1ccc(F)c(NC(=O)Nc2ccc(F)cc2F)c1. The number of rotatable bonds is 2. The van der Waals surface area contributed by atoms with Gasteiger partial charge in [-0.1, -0.05) is 6.07 Å². The predicted octanol–water partition coefficient (Wildman–Crippen LogP) is 4.06. The Bertz CT molecular complexity index is 659. The van der Waals surface area contributed by atoms with Crippen LogP contribution >= 0.6 is 0 Å². The average molecular weight is 280 g/mol. The first-order valence-corrected chi connectivity index (χ1v) is 5.75. The van der Waals surface area contributed by atoms with Crippen molar-refractivity contribution in [3.8, 4) is 0 Å². The highest BCUT2D eigenvalue weighted by Gasteiger charge is 2.10. The van der Waals surface area contributed by atoms with Gasteiger partial charge in [0.2, 0.25) is 0 Å². The Balaban J connectivity index is 2.11. The van der Waals surface area contributed by atoms with Gasteiger partial charge in [-0.25, -0.2) is 18.0 Å². The Kier molecular flexibility index (Phi) is 3.93. The summed E-state index contributed by atoms with van der Waals surface area (Å²) in [6.45, 7) is 1.74. The lowest BCUT2D eigenvalue weighted by Crippen LogP contribution is -2.20. The van der Waals surface area contributed by atoms with E-state index >= 15 is 0 Å². The van der Waals surface area contributed by atoms with E-state index < -0.39 is 23.5 Å². The van der Waals surface area contributed by atoms with E-state index in [2.05, 4.69) is 10.6 Å². The Hall–Kier alpha value is -2.50. The number of hydrogen-bond acceptors (Lipinski definition) is 1. The van der Waals surface area contributed by atoms with Crippen LogP contribution in [-0.2, 0) is 0 Å². The Labute approximate surface area is 113 Å². The van der Waals surface area contributed by atoms with E-state index in [-0.39, 0.29) is 11.4 Å². The number of nitrogens with one attached hydrogen (secondary N) is 2. The molecule has 0 heterocycles. The van der Waals surface area contributed by atoms with Crippen molar-refractivity contribution in [2.45, 2.75) is 6.92 Å². The van der Waals surface area contributed by atoms with E-state index in [9.17, 15) is 18.0 Å². The minimum Gasteiger partial charge on any atom is -0.305 e. The molecule has 0 aromatic heterocycles. The van der Waals surface area contributed by atoms with Gasteiger partial charge in [0.15, 0.2) is 0 Å². The summed E-state index contributed by atoms with van der Waals surface area (Å²) < 4.78 is 39.5. The molecule has 0 atom stereocenters. The second-order valence-corrected chi connectivity index (χ2v) is 4.19. The maximum atomic E-state index is 13.4. The molecular formula is C14H11F3N2O. The van der Waals surface area contributed by atoms with Crippen LogP contribution in [0, 0.1) is 24.4 Å². The summed E-state index contributed by atoms with van der Waals surface area (Å²) in [4.78, 5) is 11.6. The lowest BCUT2D eigenvalue weighted by molar-refractivity contribution is 0.262. The van der Waals surface area contributed by atoms with E-state index in [1.807, 2.05) is 0 Å². The Morgan fingerprint density at radius 2 is 1.60 bits per heavy atom. The third-order valence-corrected chi connectivity index (χ3v) is 2.55. The van der Waals surface area contributed by atoms with Gasteiger partial charge in [0.25, 0.3) is 0 Å². The van der Waals surface area contributed by atoms with Crippen molar-refractivity contribution >= 4 is 17.4 Å². The average Bonchev–Trinajstić information content (AvgIpc) is 2.37. The highest BCUT2D eigenvalue weighted by molar-refractivity contribution is 5.99. The summed E-state index contributed by atoms with van der Waals surface area (Å²) in [5.74, 6) is -2.27. The third kappa shape index (κ3) is 3.28. The van der Waals surface area contributed by atoms with Crippen molar-refractivity contribution in [2.24, 2.45) is 0 Å². The van der Waals surface area contributed by atoms with Crippen molar-refractivity contribution in [3.63, 3.8) is 0 Å². The second kappa shape index (κ2) is 5.64. The first-order chi connectivity index (χ1) is 9.45. The molecule has 0 aliphatic carbocycles. The van der Waals surface area contributed by atoms with Crippen LogP contribution in [0.5, 0.6) is 0 Å².